The van der Waals surface area contributed by atoms with Gasteiger partial charge in [-0.3, -0.25) is 4.79 Å². The van der Waals surface area contributed by atoms with Crippen molar-refractivity contribution in [3.8, 4) is 11.5 Å². The van der Waals surface area contributed by atoms with Gasteiger partial charge in [-0.1, -0.05) is 31.5 Å². The summed E-state index contributed by atoms with van der Waals surface area (Å²) >= 11 is 0. The molecule has 0 aliphatic carbocycles. The number of carbonyl (C=O) groups excluding carboxylic acids is 1. The number of ether oxygens (including phenoxy) is 2. The van der Waals surface area contributed by atoms with Crippen molar-refractivity contribution in [2.75, 3.05) is 13.7 Å². The highest BCUT2D eigenvalue weighted by Gasteiger charge is 2.17. The molecule has 4 heteroatoms. The van der Waals surface area contributed by atoms with E-state index in [0.717, 1.165) is 28.0 Å². The van der Waals surface area contributed by atoms with Crippen LogP contribution in [0.5, 0.6) is 11.5 Å². The van der Waals surface area contributed by atoms with Crippen molar-refractivity contribution in [3.63, 3.8) is 0 Å². The maximum absolute atomic E-state index is 12.3. The molecular formula is C22H29NO3. The Labute approximate surface area is 156 Å². The predicted molar refractivity (Wildman–Crippen MR) is 105 cm³/mol. The van der Waals surface area contributed by atoms with Crippen molar-refractivity contribution >= 4 is 5.91 Å². The Hall–Kier alpha value is -2.49. The van der Waals surface area contributed by atoms with E-state index in [0.29, 0.717) is 11.7 Å². The first-order valence-electron chi connectivity index (χ1n) is 8.99. The van der Waals surface area contributed by atoms with Crippen molar-refractivity contribution in [1.82, 2.24) is 5.32 Å². The lowest BCUT2D eigenvalue weighted by molar-refractivity contribution is -0.123. The molecular weight excluding hydrogens is 326 g/mol. The van der Waals surface area contributed by atoms with E-state index in [1.54, 1.807) is 7.11 Å². The maximum atomic E-state index is 12.3. The first-order chi connectivity index (χ1) is 12.3. The standard InChI is InChI=1S/C22H29NO3/c1-14(2)19-12-20(16(4)11-21(19)25-6)17(5)23-22(24)13-26-18-9-7-15(3)8-10-18/h7-12,14,17H,13H2,1-6H3,(H,23,24). The van der Waals surface area contributed by atoms with E-state index in [9.17, 15) is 4.79 Å². The van der Waals surface area contributed by atoms with Gasteiger partial charge in [0.2, 0.25) is 0 Å². The molecule has 1 amide bonds. The van der Waals surface area contributed by atoms with E-state index in [-0.39, 0.29) is 18.6 Å². The second kappa shape index (κ2) is 8.75. The third kappa shape index (κ3) is 5.01. The second-order valence-electron chi connectivity index (χ2n) is 7.00. The van der Waals surface area contributed by atoms with Gasteiger partial charge < -0.3 is 14.8 Å². The summed E-state index contributed by atoms with van der Waals surface area (Å²) < 4.78 is 11.0. The molecule has 2 aromatic carbocycles. The molecule has 1 atom stereocenters. The average Bonchev–Trinajstić information content (AvgIpc) is 2.60. The van der Waals surface area contributed by atoms with Crippen molar-refractivity contribution < 1.29 is 14.3 Å². The summed E-state index contributed by atoms with van der Waals surface area (Å²) in [7, 11) is 1.69. The van der Waals surface area contributed by atoms with E-state index in [1.807, 2.05) is 51.1 Å². The molecule has 2 aromatic rings. The van der Waals surface area contributed by atoms with Gasteiger partial charge in [-0.05, 0) is 67.6 Å². The van der Waals surface area contributed by atoms with Crippen LogP contribution in [0.15, 0.2) is 36.4 Å². The van der Waals surface area contributed by atoms with E-state index in [2.05, 4.69) is 25.2 Å². The molecule has 0 aliphatic rings. The van der Waals surface area contributed by atoms with E-state index >= 15 is 0 Å². The molecule has 0 spiro atoms. The van der Waals surface area contributed by atoms with Crippen LogP contribution < -0.4 is 14.8 Å². The summed E-state index contributed by atoms with van der Waals surface area (Å²) in [5, 5.41) is 3.02. The van der Waals surface area contributed by atoms with Gasteiger partial charge in [0.05, 0.1) is 13.2 Å². The SMILES string of the molecule is COc1cc(C)c(C(C)NC(=O)COc2ccc(C)cc2)cc1C(C)C. The molecule has 4 nitrogen and oxygen atoms in total. The number of hydrogen-bond acceptors (Lipinski definition) is 3. The molecule has 0 saturated carbocycles. The summed E-state index contributed by atoms with van der Waals surface area (Å²) in [4.78, 5) is 12.3. The monoisotopic (exact) mass is 355 g/mol. The van der Waals surface area contributed by atoms with Crippen LogP contribution >= 0.6 is 0 Å². The van der Waals surface area contributed by atoms with Gasteiger partial charge in [0.15, 0.2) is 6.61 Å². The van der Waals surface area contributed by atoms with Gasteiger partial charge in [0, 0.05) is 0 Å². The number of hydrogen-bond donors (Lipinski definition) is 1. The number of amides is 1. The van der Waals surface area contributed by atoms with Crippen LogP contribution in [0.2, 0.25) is 0 Å². The molecule has 0 heterocycles. The van der Waals surface area contributed by atoms with Gasteiger partial charge in [0.25, 0.3) is 5.91 Å². The van der Waals surface area contributed by atoms with Crippen LogP contribution in [0.1, 0.15) is 55.0 Å². The van der Waals surface area contributed by atoms with Gasteiger partial charge in [-0.2, -0.15) is 0 Å². The van der Waals surface area contributed by atoms with Crippen LogP contribution in [0.25, 0.3) is 0 Å². The highest BCUT2D eigenvalue weighted by molar-refractivity contribution is 5.78. The highest BCUT2D eigenvalue weighted by atomic mass is 16.5. The molecule has 140 valence electrons. The average molecular weight is 355 g/mol. The number of aryl methyl sites for hydroxylation is 2. The molecule has 0 aliphatic heterocycles. The van der Waals surface area contributed by atoms with Gasteiger partial charge >= 0.3 is 0 Å². The Balaban J connectivity index is 2.04. The van der Waals surface area contributed by atoms with E-state index in [4.69, 9.17) is 9.47 Å². The van der Waals surface area contributed by atoms with Gasteiger partial charge in [-0.15, -0.1) is 0 Å². The predicted octanol–water partition coefficient (Wildman–Crippen LogP) is 4.69. The number of carbonyl (C=O) groups is 1. The fraction of sp³-hybridized carbons (Fsp3) is 0.409. The van der Waals surface area contributed by atoms with Crippen LogP contribution in [-0.4, -0.2) is 19.6 Å². The molecule has 0 saturated heterocycles. The Morgan fingerprint density at radius 1 is 1.04 bits per heavy atom. The summed E-state index contributed by atoms with van der Waals surface area (Å²) in [6.45, 7) is 10.3. The fourth-order valence-electron chi connectivity index (χ4n) is 2.95. The topological polar surface area (TPSA) is 47.6 Å². The normalized spacial score (nSPS) is 12.0. The zero-order valence-corrected chi connectivity index (χ0v) is 16.6. The molecule has 0 radical (unpaired) electrons. The Morgan fingerprint density at radius 3 is 2.27 bits per heavy atom. The van der Waals surface area contributed by atoms with Crippen LogP contribution in [0.4, 0.5) is 0 Å². The minimum atomic E-state index is -0.139. The second-order valence-corrected chi connectivity index (χ2v) is 7.00. The van der Waals surface area contributed by atoms with E-state index in [1.165, 1.54) is 0 Å². The number of benzene rings is 2. The van der Waals surface area contributed by atoms with Crippen molar-refractivity contribution in [2.24, 2.45) is 0 Å². The summed E-state index contributed by atoms with van der Waals surface area (Å²) in [5.74, 6) is 1.79. The molecule has 0 fully saturated rings. The molecule has 26 heavy (non-hydrogen) atoms. The number of nitrogens with one attached hydrogen (secondary N) is 1. The molecule has 0 aromatic heterocycles. The summed E-state index contributed by atoms with van der Waals surface area (Å²) in [6, 6.07) is 11.7. The maximum Gasteiger partial charge on any atom is 0.258 e. The molecule has 0 bridgehead atoms. The first-order valence-corrected chi connectivity index (χ1v) is 8.99. The van der Waals surface area contributed by atoms with Crippen molar-refractivity contribution in [2.45, 2.75) is 46.6 Å². The third-order valence-electron chi connectivity index (χ3n) is 4.48. The Bertz CT molecular complexity index is 751. The first kappa shape index (κ1) is 19.8. The molecule has 1 N–H and O–H groups in total. The van der Waals surface area contributed by atoms with Crippen LogP contribution in [0.3, 0.4) is 0 Å². The van der Waals surface area contributed by atoms with Gasteiger partial charge in [0.1, 0.15) is 11.5 Å². The largest absolute Gasteiger partial charge is 0.496 e. The Morgan fingerprint density at radius 2 is 1.69 bits per heavy atom. The minimum absolute atomic E-state index is 0.000356. The zero-order valence-electron chi connectivity index (χ0n) is 16.6. The van der Waals surface area contributed by atoms with Crippen molar-refractivity contribution in [1.29, 1.82) is 0 Å². The van der Waals surface area contributed by atoms with Crippen LogP contribution in [-0.2, 0) is 4.79 Å². The molecule has 1 unspecified atom stereocenters. The number of methoxy groups -OCH3 is 1. The third-order valence-corrected chi connectivity index (χ3v) is 4.48. The highest BCUT2D eigenvalue weighted by Crippen LogP contribution is 2.32. The Kier molecular flexibility index (Phi) is 6.67. The lowest BCUT2D eigenvalue weighted by atomic mass is 9.93. The number of rotatable bonds is 7. The smallest absolute Gasteiger partial charge is 0.258 e. The quantitative estimate of drug-likeness (QED) is 0.784. The lowest BCUT2D eigenvalue weighted by Gasteiger charge is -2.21. The zero-order chi connectivity index (χ0) is 19.3. The lowest BCUT2D eigenvalue weighted by Crippen LogP contribution is -2.31. The summed E-state index contributed by atoms with van der Waals surface area (Å²) in [6.07, 6.45) is 0. The van der Waals surface area contributed by atoms with E-state index < -0.39 is 0 Å². The minimum Gasteiger partial charge on any atom is -0.496 e. The summed E-state index contributed by atoms with van der Waals surface area (Å²) in [5.41, 5.74) is 4.49. The molecule has 2 rings (SSSR count). The van der Waals surface area contributed by atoms with Gasteiger partial charge in [-0.25, -0.2) is 0 Å². The van der Waals surface area contributed by atoms with Crippen molar-refractivity contribution in [3.05, 3.63) is 58.7 Å². The fourth-order valence-corrected chi connectivity index (χ4v) is 2.95. The van der Waals surface area contributed by atoms with Crippen LogP contribution in [0, 0.1) is 13.8 Å².